The number of amides is 1. The number of ether oxygens (including phenoxy) is 2. The van der Waals surface area contributed by atoms with Crippen molar-refractivity contribution in [3.05, 3.63) is 58.6 Å². The first kappa shape index (κ1) is 20.1. The molecule has 3 aromatic rings. The molecule has 8 heteroatoms. The molecule has 0 saturated heterocycles. The van der Waals surface area contributed by atoms with Crippen molar-refractivity contribution in [1.82, 2.24) is 9.55 Å². The van der Waals surface area contributed by atoms with Crippen molar-refractivity contribution in [2.24, 2.45) is 0 Å². The third-order valence-corrected chi connectivity index (χ3v) is 4.48. The van der Waals surface area contributed by atoms with Crippen LogP contribution in [0.4, 0.5) is 5.69 Å². The van der Waals surface area contributed by atoms with Gasteiger partial charge in [-0.05, 0) is 37.3 Å². The van der Waals surface area contributed by atoms with Gasteiger partial charge in [-0.3, -0.25) is 19.0 Å². The summed E-state index contributed by atoms with van der Waals surface area (Å²) in [6.45, 7) is 1.65. The minimum Gasteiger partial charge on any atom is -0.493 e. The Balaban J connectivity index is 1.72. The lowest BCUT2D eigenvalue weighted by molar-refractivity contribution is -0.116. The average molecular weight is 395 g/mol. The monoisotopic (exact) mass is 395 g/mol. The molecule has 3 rings (SSSR count). The Hall–Kier alpha value is -3.68. The van der Waals surface area contributed by atoms with Crippen molar-refractivity contribution in [3.8, 4) is 11.5 Å². The molecule has 8 nitrogen and oxygen atoms in total. The van der Waals surface area contributed by atoms with Crippen molar-refractivity contribution in [2.75, 3.05) is 19.5 Å². The summed E-state index contributed by atoms with van der Waals surface area (Å²) in [5.41, 5.74) is 1.37. The second kappa shape index (κ2) is 8.55. The van der Waals surface area contributed by atoms with Crippen LogP contribution in [0, 0.1) is 0 Å². The van der Waals surface area contributed by atoms with Gasteiger partial charge in [-0.25, -0.2) is 4.98 Å². The zero-order valence-corrected chi connectivity index (χ0v) is 16.4. The highest BCUT2D eigenvalue weighted by atomic mass is 16.5. The van der Waals surface area contributed by atoms with E-state index in [0.29, 0.717) is 33.7 Å². The molecule has 1 amide bonds. The first-order valence-corrected chi connectivity index (χ1v) is 8.95. The van der Waals surface area contributed by atoms with Gasteiger partial charge in [0.25, 0.3) is 5.56 Å². The van der Waals surface area contributed by atoms with Crippen LogP contribution in [0.5, 0.6) is 11.5 Å². The van der Waals surface area contributed by atoms with Crippen LogP contribution in [0.25, 0.3) is 10.9 Å². The van der Waals surface area contributed by atoms with Crippen molar-refractivity contribution in [1.29, 1.82) is 0 Å². The molecule has 2 aromatic carbocycles. The summed E-state index contributed by atoms with van der Waals surface area (Å²) < 4.78 is 11.8. The van der Waals surface area contributed by atoms with Crippen molar-refractivity contribution < 1.29 is 19.1 Å². The van der Waals surface area contributed by atoms with Crippen LogP contribution in [-0.4, -0.2) is 35.5 Å². The van der Waals surface area contributed by atoms with Gasteiger partial charge in [-0.1, -0.05) is 0 Å². The van der Waals surface area contributed by atoms with Crippen LogP contribution in [0.1, 0.15) is 23.7 Å². The number of Topliss-reactive ketones (excluding diaryl/α,β-unsaturated/α-hetero) is 1. The van der Waals surface area contributed by atoms with E-state index in [-0.39, 0.29) is 30.2 Å². The molecular formula is C21H21N3O5. The lowest BCUT2D eigenvalue weighted by Crippen LogP contribution is -2.23. The van der Waals surface area contributed by atoms with E-state index in [1.165, 1.54) is 32.0 Å². The highest BCUT2D eigenvalue weighted by molar-refractivity contribution is 5.95. The van der Waals surface area contributed by atoms with E-state index in [1.807, 2.05) is 0 Å². The topological polar surface area (TPSA) is 99.5 Å². The molecule has 0 saturated carbocycles. The fourth-order valence-electron chi connectivity index (χ4n) is 2.88. The number of fused-ring (bicyclic) bond motifs is 1. The summed E-state index contributed by atoms with van der Waals surface area (Å²) in [6.07, 6.45) is 1.50. The highest BCUT2D eigenvalue weighted by Crippen LogP contribution is 2.29. The fraction of sp³-hybridized carbons (Fsp3) is 0.238. The standard InChI is InChI=1S/C21H21N3O5/c1-13(25)14-4-6-15(7-5-14)23-20(26)8-9-24-12-22-17-11-19(29-3)18(28-2)10-16(17)21(24)27/h4-7,10-12H,8-9H2,1-3H3,(H,23,26). The molecule has 1 aromatic heterocycles. The maximum absolute atomic E-state index is 12.7. The highest BCUT2D eigenvalue weighted by Gasteiger charge is 2.12. The lowest BCUT2D eigenvalue weighted by atomic mass is 10.1. The number of methoxy groups -OCH3 is 2. The largest absolute Gasteiger partial charge is 0.493 e. The zero-order valence-electron chi connectivity index (χ0n) is 16.4. The van der Waals surface area contributed by atoms with E-state index >= 15 is 0 Å². The van der Waals surface area contributed by atoms with E-state index in [4.69, 9.17) is 9.47 Å². The molecule has 29 heavy (non-hydrogen) atoms. The number of carbonyl (C=O) groups is 2. The van der Waals surface area contributed by atoms with Crippen molar-refractivity contribution >= 4 is 28.3 Å². The van der Waals surface area contributed by atoms with Crippen molar-refractivity contribution in [2.45, 2.75) is 19.9 Å². The summed E-state index contributed by atoms with van der Waals surface area (Å²) >= 11 is 0. The van der Waals surface area contributed by atoms with E-state index < -0.39 is 0 Å². The molecule has 0 aliphatic rings. The normalized spacial score (nSPS) is 10.6. The Morgan fingerprint density at radius 1 is 1.07 bits per heavy atom. The molecule has 0 spiro atoms. The number of hydrogen-bond donors (Lipinski definition) is 1. The third kappa shape index (κ3) is 4.43. The number of aromatic nitrogens is 2. The van der Waals surface area contributed by atoms with Gasteiger partial charge in [0.1, 0.15) is 0 Å². The van der Waals surface area contributed by atoms with Crippen LogP contribution in [0.2, 0.25) is 0 Å². The summed E-state index contributed by atoms with van der Waals surface area (Å²) in [4.78, 5) is 40.5. The Morgan fingerprint density at radius 2 is 1.72 bits per heavy atom. The predicted octanol–water partition coefficient (Wildman–Crippen LogP) is 2.65. The van der Waals surface area contributed by atoms with Crippen LogP contribution in [0.15, 0.2) is 47.5 Å². The SMILES string of the molecule is COc1cc2ncn(CCC(=O)Nc3ccc(C(C)=O)cc3)c(=O)c2cc1OC. The van der Waals surface area contributed by atoms with Gasteiger partial charge in [-0.2, -0.15) is 0 Å². The summed E-state index contributed by atoms with van der Waals surface area (Å²) in [7, 11) is 3.00. The second-order valence-electron chi connectivity index (χ2n) is 6.40. The number of aryl methyl sites for hydroxylation is 1. The van der Waals surface area contributed by atoms with E-state index in [2.05, 4.69) is 10.3 Å². The number of benzene rings is 2. The minimum atomic E-state index is -0.269. The van der Waals surface area contributed by atoms with Crippen LogP contribution < -0.4 is 20.3 Å². The smallest absolute Gasteiger partial charge is 0.261 e. The summed E-state index contributed by atoms with van der Waals surface area (Å²) in [5, 5.41) is 3.13. The molecule has 0 fully saturated rings. The lowest BCUT2D eigenvalue weighted by Gasteiger charge is -2.11. The molecule has 0 aliphatic heterocycles. The zero-order chi connectivity index (χ0) is 21.0. The van der Waals surface area contributed by atoms with E-state index in [0.717, 1.165) is 0 Å². The molecule has 1 N–H and O–H groups in total. The molecule has 0 aliphatic carbocycles. The van der Waals surface area contributed by atoms with Gasteiger partial charge in [0.15, 0.2) is 17.3 Å². The van der Waals surface area contributed by atoms with E-state index in [1.54, 1.807) is 36.4 Å². The molecule has 0 radical (unpaired) electrons. The fourth-order valence-corrected chi connectivity index (χ4v) is 2.88. The molecular weight excluding hydrogens is 374 g/mol. The van der Waals surface area contributed by atoms with Gasteiger partial charge in [0.05, 0.1) is 31.4 Å². The minimum absolute atomic E-state index is 0.0414. The number of nitrogens with one attached hydrogen (secondary N) is 1. The summed E-state index contributed by atoms with van der Waals surface area (Å²) in [5.74, 6) is 0.628. The first-order chi connectivity index (χ1) is 13.9. The molecule has 0 bridgehead atoms. The number of nitrogens with zero attached hydrogens (tertiary/aromatic N) is 2. The maximum atomic E-state index is 12.7. The van der Waals surface area contributed by atoms with Gasteiger partial charge >= 0.3 is 0 Å². The van der Waals surface area contributed by atoms with Crippen LogP contribution in [-0.2, 0) is 11.3 Å². The number of carbonyl (C=O) groups excluding carboxylic acids is 2. The number of ketones is 1. The van der Waals surface area contributed by atoms with Crippen LogP contribution >= 0.6 is 0 Å². The Kier molecular flexibility index (Phi) is 5.92. The number of hydrogen-bond acceptors (Lipinski definition) is 6. The quantitative estimate of drug-likeness (QED) is 0.618. The maximum Gasteiger partial charge on any atom is 0.261 e. The Bertz CT molecular complexity index is 1120. The molecule has 0 unspecified atom stereocenters. The first-order valence-electron chi connectivity index (χ1n) is 8.95. The molecule has 0 atom stereocenters. The van der Waals surface area contributed by atoms with Gasteiger partial charge in [0.2, 0.25) is 5.91 Å². The van der Waals surface area contributed by atoms with Gasteiger partial charge in [0, 0.05) is 30.3 Å². The molecule has 1 heterocycles. The van der Waals surface area contributed by atoms with Crippen LogP contribution in [0.3, 0.4) is 0 Å². The van der Waals surface area contributed by atoms with Crippen molar-refractivity contribution in [3.63, 3.8) is 0 Å². The average Bonchev–Trinajstić information content (AvgIpc) is 2.72. The second-order valence-corrected chi connectivity index (χ2v) is 6.40. The predicted molar refractivity (Wildman–Crippen MR) is 109 cm³/mol. The third-order valence-electron chi connectivity index (χ3n) is 4.48. The van der Waals surface area contributed by atoms with Gasteiger partial charge in [-0.15, -0.1) is 0 Å². The Labute approximate surface area is 167 Å². The van der Waals surface area contributed by atoms with E-state index in [9.17, 15) is 14.4 Å². The number of anilines is 1. The van der Waals surface area contributed by atoms with Gasteiger partial charge < -0.3 is 14.8 Å². The Morgan fingerprint density at radius 3 is 2.34 bits per heavy atom. The summed E-state index contributed by atoms with van der Waals surface area (Å²) in [6, 6.07) is 9.85. The molecule has 150 valence electrons. The number of rotatable bonds is 7.